The summed E-state index contributed by atoms with van der Waals surface area (Å²) in [6, 6.07) is 40.4. The second kappa shape index (κ2) is 8.23. The van der Waals surface area contributed by atoms with Gasteiger partial charge in [-0.2, -0.15) is 0 Å². The van der Waals surface area contributed by atoms with Crippen LogP contribution in [0, 0.1) is 0 Å². The van der Waals surface area contributed by atoms with E-state index in [2.05, 4.69) is 127 Å². The number of hydrogen-bond donors (Lipinski definition) is 0. The number of allylic oxidation sites excluding steroid dienone is 4. The average Bonchev–Trinajstić information content (AvgIpc) is 2.96. The van der Waals surface area contributed by atoms with Crippen molar-refractivity contribution in [3.8, 4) is 22.3 Å². The molecule has 1 heterocycles. The van der Waals surface area contributed by atoms with E-state index in [4.69, 9.17) is 0 Å². The minimum absolute atomic E-state index is 0.490. The van der Waals surface area contributed by atoms with E-state index in [1.54, 1.807) is 0 Å². The molecule has 0 spiro atoms. The van der Waals surface area contributed by atoms with Crippen molar-refractivity contribution in [3.05, 3.63) is 138 Å². The summed E-state index contributed by atoms with van der Waals surface area (Å²) in [7, 11) is 0. The van der Waals surface area contributed by atoms with E-state index in [-0.39, 0.29) is 0 Å². The van der Waals surface area contributed by atoms with Crippen LogP contribution in [0.4, 0.5) is 0 Å². The summed E-state index contributed by atoms with van der Waals surface area (Å²) in [5.41, 5.74) is 6.68. The summed E-state index contributed by atoms with van der Waals surface area (Å²) in [6.07, 6.45) is 7.93. The third-order valence-electron chi connectivity index (χ3n) is 7.97. The summed E-state index contributed by atoms with van der Waals surface area (Å²) in [5, 5.41) is 7.99. The van der Waals surface area contributed by atoms with Crippen LogP contribution >= 0.6 is 11.8 Å². The van der Waals surface area contributed by atoms with Gasteiger partial charge < -0.3 is 0 Å². The molecule has 0 aromatic heterocycles. The Morgan fingerprint density at radius 2 is 1.24 bits per heavy atom. The lowest BCUT2D eigenvalue weighted by Crippen LogP contribution is -2.07. The third kappa shape index (κ3) is 3.17. The number of hydrogen-bond acceptors (Lipinski definition) is 1. The molecule has 1 unspecified atom stereocenters. The highest BCUT2D eigenvalue weighted by molar-refractivity contribution is 8.03. The highest BCUT2D eigenvalue weighted by atomic mass is 32.2. The highest BCUT2D eigenvalue weighted by Gasteiger charge is 2.28. The van der Waals surface area contributed by atoms with Gasteiger partial charge in [-0.25, -0.2) is 0 Å². The first-order valence-corrected chi connectivity index (χ1v) is 13.8. The summed E-state index contributed by atoms with van der Waals surface area (Å²) < 4.78 is 0. The van der Waals surface area contributed by atoms with E-state index < -0.39 is 0 Å². The van der Waals surface area contributed by atoms with E-state index in [1.165, 1.54) is 69.9 Å². The molecule has 0 saturated carbocycles. The number of rotatable bonds is 2. The first-order valence-electron chi connectivity index (χ1n) is 13.0. The van der Waals surface area contributed by atoms with Gasteiger partial charge in [0.25, 0.3) is 0 Å². The molecule has 6 aromatic rings. The second-order valence-corrected chi connectivity index (χ2v) is 11.1. The Morgan fingerprint density at radius 3 is 1.95 bits per heavy atom. The average molecular weight is 489 g/mol. The Kier molecular flexibility index (Phi) is 4.68. The predicted octanol–water partition coefficient (Wildman–Crippen LogP) is 10.5. The standard InChI is InChI=1S/C36H24S/c1-2-11-23(12-3-1)34-28-15-4-6-17-30(28)35(31-18-7-5-16-29(31)34)25-21-24-13-10-19-27-26-14-8-9-20-32(26)37-33(22-25)36(24)27/h1-13,15-22,26H,14H2. The van der Waals surface area contributed by atoms with Crippen LogP contribution in [0.1, 0.15) is 17.9 Å². The van der Waals surface area contributed by atoms with Crippen LogP contribution in [0.3, 0.4) is 0 Å². The zero-order chi connectivity index (χ0) is 24.3. The first kappa shape index (κ1) is 21.1. The minimum Gasteiger partial charge on any atom is -0.0932 e. The van der Waals surface area contributed by atoms with Crippen LogP contribution in [-0.4, -0.2) is 0 Å². The fraction of sp³-hybridized carbons (Fsp3) is 0.0556. The van der Waals surface area contributed by atoms with Crippen molar-refractivity contribution in [2.75, 3.05) is 0 Å². The van der Waals surface area contributed by atoms with Crippen LogP contribution in [-0.2, 0) is 0 Å². The third-order valence-corrected chi connectivity index (χ3v) is 9.17. The maximum atomic E-state index is 2.45. The van der Waals surface area contributed by atoms with Gasteiger partial charge in [0.2, 0.25) is 0 Å². The molecule has 1 aliphatic carbocycles. The van der Waals surface area contributed by atoms with Gasteiger partial charge >= 0.3 is 0 Å². The van der Waals surface area contributed by atoms with Crippen molar-refractivity contribution >= 4 is 44.1 Å². The first-order chi connectivity index (χ1) is 18.4. The molecule has 0 fully saturated rings. The topological polar surface area (TPSA) is 0 Å². The Bertz CT molecular complexity index is 1870. The molecule has 1 aliphatic heterocycles. The molecule has 0 radical (unpaired) electrons. The van der Waals surface area contributed by atoms with Crippen molar-refractivity contribution in [2.45, 2.75) is 17.2 Å². The van der Waals surface area contributed by atoms with E-state index in [1.807, 2.05) is 11.8 Å². The fourth-order valence-electron chi connectivity index (χ4n) is 6.41. The molecule has 8 rings (SSSR count). The number of fused-ring (bicyclic) bond motifs is 4. The Hall–Kier alpha value is -4.07. The van der Waals surface area contributed by atoms with Crippen LogP contribution in [0.5, 0.6) is 0 Å². The largest absolute Gasteiger partial charge is 0.0932 e. The van der Waals surface area contributed by atoms with Gasteiger partial charge in [-0.1, -0.05) is 127 Å². The van der Waals surface area contributed by atoms with E-state index >= 15 is 0 Å². The van der Waals surface area contributed by atoms with Gasteiger partial charge in [0.1, 0.15) is 0 Å². The maximum Gasteiger partial charge on any atom is 0.0206 e. The van der Waals surface area contributed by atoms with Gasteiger partial charge in [-0.3, -0.25) is 0 Å². The van der Waals surface area contributed by atoms with Gasteiger partial charge in [0.05, 0.1) is 0 Å². The van der Waals surface area contributed by atoms with Crippen molar-refractivity contribution in [2.24, 2.45) is 0 Å². The molecule has 1 atom stereocenters. The minimum atomic E-state index is 0.490. The normalized spacial score (nSPS) is 16.2. The van der Waals surface area contributed by atoms with Crippen LogP contribution < -0.4 is 0 Å². The summed E-state index contributed by atoms with van der Waals surface area (Å²) >= 11 is 1.96. The zero-order valence-corrected chi connectivity index (χ0v) is 21.1. The van der Waals surface area contributed by atoms with E-state index in [0.29, 0.717) is 5.92 Å². The van der Waals surface area contributed by atoms with Crippen molar-refractivity contribution in [1.82, 2.24) is 0 Å². The molecule has 0 bridgehead atoms. The lowest BCUT2D eigenvalue weighted by Gasteiger charge is -2.29. The van der Waals surface area contributed by atoms with Crippen LogP contribution in [0.15, 0.2) is 137 Å². The predicted molar refractivity (Wildman–Crippen MR) is 160 cm³/mol. The molecule has 174 valence electrons. The van der Waals surface area contributed by atoms with Gasteiger partial charge in [0, 0.05) is 10.8 Å². The Labute approximate surface area is 221 Å². The van der Waals surface area contributed by atoms with Gasteiger partial charge in [-0.05, 0) is 83.6 Å². The Balaban J connectivity index is 1.48. The fourth-order valence-corrected chi connectivity index (χ4v) is 7.70. The lowest BCUT2D eigenvalue weighted by atomic mass is 9.84. The van der Waals surface area contributed by atoms with Crippen molar-refractivity contribution in [1.29, 1.82) is 0 Å². The van der Waals surface area contributed by atoms with Crippen molar-refractivity contribution < 1.29 is 0 Å². The Morgan fingerprint density at radius 1 is 0.595 bits per heavy atom. The van der Waals surface area contributed by atoms with Crippen LogP contribution in [0.2, 0.25) is 0 Å². The molecule has 1 heteroatoms. The molecule has 37 heavy (non-hydrogen) atoms. The molecule has 0 amide bonds. The number of benzene rings is 6. The molecule has 0 N–H and O–H groups in total. The molecule has 6 aromatic carbocycles. The number of thioether (sulfide) groups is 1. The van der Waals surface area contributed by atoms with Gasteiger partial charge in [0.15, 0.2) is 0 Å². The second-order valence-electron chi connectivity index (χ2n) is 10.0. The molecular formula is C36H24S. The molecule has 0 saturated heterocycles. The van der Waals surface area contributed by atoms with Gasteiger partial charge in [-0.15, -0.1) is 0 Å². The maximum absolute atomic E-state index is 2.45. The smallest absolute Gasteiger partial charge is 0.0206 e. The van der Waals surface area contributed by atoms with Crippen LogP contribution in [0.25, 0.3) is 54.6 Å². The summed E-state index contributed by atoms with van der Waals surface area (Å²) in [4.78, 5) is 2.84. The monoisotopic (exact) mass is 488 g/mol. The summed E-state index contributed by atoms with van der Waals surface area (Å²) in [5.74, 6) is 0.490. The zero-order valence-electron chi connectivity index (χ0n) is 20.3. The van der Waals surface area contributed by atoms with E-state index in [0.717, 1.165) is 6.42 Å². The van der Waals surface area contributed by atoms with E-state index in [9.17, 15) is 0 Å². The summed E-state index contributed by atoms with van der Waals surface area (Å²) in [6.45, 7) is 0. The van der Waals surface area contributed by atoms with Crippen molar-refractivity contribution in [3.63, 3.8) is 0 Å². The lowest BCUT2D eigenvalue weighted by molar-refractivity contribution is 0.842. The molecule has 2 aliphatic rings. The quantitative estimate of drug-likeness (QED) is 0.218. The highest BCUT2D eigenvalue weighted by Crippen LogP contribution is 2.53. The SMILES string of the molecule is C1=CCC2C(=C1)Sc1cc(-c3c4ccccc4c(-c4ccccc4)c4ccccc34)cc3cccc2c13. The molecular weight excluding hydrogens is 464 g/mol. The molecule has 0 nitrogen and oxygen atoms in total.